The van der Waals surface area contributed by atoms with E-state index in [0.29, 0.717) is 6.29 Å². The van der Waals surface area contributed by atoms with Crippen molar-refractivity contribution in [3.05, 3.63) is 11.9 Å². The van der Waals surface area contributed by atoms with Gasteiger partial charge in [-0.05, 0) is 0 Å². The SMILES string of the molecule is CN(C)/C=C(/N)C=O. The van der Waals surface area contributed by atoms with E-state index in [-0.39, 0.29) is 5.70 Å². The third-order valence-corrected chi connectivity index (χ3v) is 0.543. The van der Waals surface area contributed by atoms with E-state index in [1.807, 2.05) is 0 Å². The van der Waals surface area contributed by atoms with Gasteiger partial charge in [0.1, 0.15) is 0 Å². The first-order valence-electron chi connectivity index (χ1n) is 2.25. The highest BCUT2D eigenvalue weighted by Gasteiger charge is 1.82. The van der Waals surface area contributed by atoms with Gasteiger partial charge in [0.05, 0.1) is 5.70 Å². The van der Waals surface area contributed by atoms with Crippen LogP contribution in [0.1, 0.15) is 0 Å². The summed E-state index contributed by atoms with van der Waals surface area (Å²) in [5.74, 6) is 0. The molecule has 0 aliphatic heterocycles. The summed E-state index contributed by atoms with van der Waals surface area (Å²) >= 11 is 0. The van der Waals surface area contributed by atoms with Gasteiger partial charge in [0.25, 0.3) is 0 Å². The third-order valence-electron chi connectivity index (χ3n) is 0.543. The van der Waals surface area contributed by atoms with Gasteiger partial charge in [-0.25, -0.2) is 0 Å². The molecule has 0 rings (SSSR count). The number of allylic oxidation sites excluding steroid dienone is 1. The molecule has 3 heteroatoms. The highest BCUT2D eigenvalue weighted by molar-refractivity contribution is 5.71. The topological polar surface area (TPSA) is 46.3 Å². The molecule has 0 aromatic rings. The van der Waals surface area contributed by atoms with Gasteiger partial charge in [-0.3, -0.25) is 4.79 Å². The molecule has 8 heavy (non-hydrogen) atoms. The van der Waals surface area contributed by atoms with Crippen molar-refractivity contribution in [3.63, 3.8) is 0 Å². The van der Waals surface area contributed by atoms with Gasteiger partial charge in [0, 0.05) is 20.3 Å². The van der Waals surface area contributed by atoms with E-state index in [4.69, 9.17) is 5.73 Å². The fourth-order valence-corrected chi connectivity index (χ4v) is 0.329. The molecule has 2 N–H and O–H groups in total. The minimum Gasteiger partial charge on any atom is -0.395 e. The summed E-state index contributed by atoms with van der Waals surface area (Å²) in [4.78, 5) is 11.5. The Kier molecular flexibility index (Phi) is 2.69. The second-order valence-corrected chi connectivity index (χ2v) is 1.71. The van der Waals surface area contributed by atoms with Crippen LogP contribution in [-0.2, 0) is 4.79 Å². The van der Waals surface area contributed by atoms with Crippen molar-refractivity contribution in [2.24, 2.45) is 5.73 Å². The third kappa shape index (κ3) is 3.21. The molecule has 0 unspecified atom stereocenters. The predicted molar refractivity (Wildman–Crippen MR) is 32.0 cm³/mol. The van der Waals surface area contributed by atoms with Crippen LogP contribution in [-0.4, -0.2) is 25.3 Å². The highest BCUT2D eigenvalue weighted by atomic mass is 16.1. The van der Waals surface area contributed by atoms with Crippen LogP contribution >= 0.6 is 0 Å². The number of nitrogens with two attached hydrogens (primary N) is 1. The van der Waals surface area contributed by atoms with Gasteiger partial charge in [0.15, 0.2) is 6.29 Å². The van der Waals surface area contributed by atoms with Crippen molar-refractivity contribution < 1.29 is 4.79 Å². The molecule has 0 fully saturated rings. The van der Waals surface area contributed by atoms with Crippen LogP contribution in [0, 0.1) is 0 Å². The number of carbonyl (C=O) groups is 1. The second-order valence-electron chi connectivity index (χ2n) is 1.71. The Morgan fingerprint density at radius 3 is 2.25 bits per heavy atom. The summed E-state index contributed by atoms with van der Waals surface area (Å²) in [6.07, 6.45) is 2.16. The fourth-order valence-electron chi connectivity index (χ4n) is 0.329. The molecular weight excluding hydrogens is 104 g/mol. The molecule has 0 amide bonds. The Balaban J connectivity index is 3.74. The Hall–Kier alpha value is -0.990. The van der Waals surface area contributed by atoms with Crippen LogP contribution in [0.5, 0.6) is 0 Å². The number of hydrogen-bond donors (Lipinski definition) is 1. The zero-order valence-electron chi connectivity index (χ0n) is 5.09. The van der Waals surface area contributed by atoms with E-state index in [0.717, 1.165) is 0 Å². The molecule has 0 aromatic heterocycles. The van der Waals surface area contributed by atoms with Gasteiger partial charge in [-0.2, -0.15) is 0 Å². The molecule has 0 atom stereocenters. The molecule has 3 nitrogen and oxygen atoms in total. The lowest BCUT2D eigenvalue weighted by atomic mass is 10.5. The maximum Gasteiger partial charge on any atom is 0.167 e. The quantitative estimate of drug-likeness (QED) is 0.390. The smallest absolute Gasteiger partial charge is 0.167 e. The molecular formula is C5H10N2O. The maximum atomic E-state index is 9.82. The van der Waals surface area contributed by atoms with E-state index in [9.17, 15) is 4.79 Å². The summed E-state index contributed by atoms with van der Waals surface area (Å²) in [6.45, 7) is 0. The Bertz CT molecular complexity index is 107. The molecule has 46 valence electrons. The van der Waals surface area contributed by atoms with Crippen molar-refractivity contribution in [1.82, 2.24) is 4.90 Å². The Morgan fingerprint density at radius 2 is 2.12 bits per heavy atom. The minimum atomic E-state index is 0.245. The predicted octanol–water partition coefficient (Wildman–Crippen LogP) is -0.453. The lowest BCUT2D eigenvalue weighted by Crippen LogP contribution is -2.08. The van der Waals surface area contributed by atoms with E-state index >= 15 is 0 Å². The number of nitrogens with zero attached hydrogens (tertiary/aromatic N) is 1. The van der Waals surface area contributed by atoms with Crippen molar-refractivity contribution in [2.75, 3.05) is 14.1 Å². The lowest BCUT2D eigenvalue weighted by Gasteiger charge is -2.02. The van der Waals surface area contributed by atoms with Gasteiger partial charge in [0.2, 0.25) is 0 Å². The Morgan fingerprint density at radius 1 is 1.62 bits per heavy atom. The molecule has 0 heterocycles. The first kappa shape index (κ1) is 7.01. The second kappa shape index (κ2) is 3.07. The fraction of sp³-hybridized carbons (Fsp3) is 0.400. The highest BCUT2D eigenvalue weighted by Crippen LogP contribution is 1.78. The summed E-state index contributed by atoms with van der Waals surface area (Å²) in [7, 11) is 3.60. The molecule has 0 saturated heterocycles. The summed E-state index contributed by atoms with van der Waals surface area (Å²) in [6, 6.07) is 0. The maximum absolute atomic E-state index is 9.82. The standard InChI is InChI=1S/C5H10N2O/c1-7(2)3-5(6)4-8/h3-4H,6H2,1-2H3/b5-3+. The van der Waals surface area contributed by atoms with E-state index in [1.54, 1.807) is 25.2 Å². The van der Waals surface area contributed by atoms with Crippen LogP contribution in [0.4, 0.5) is 0 Å². The zero-order valence-corrected chi connectivity index (χ0v) is 5.09. The van der Waals surface area contributed by atoms with Crippen LogP contribution in [0.3, 0.4) is 0 Å². The average molecular weight is 114 g/mol. The van der Waals surface area contributed by atoms with E-state index < -0.39 is 0 Å². The minimum absolute atomic E-state index is 0.245. The van der Waals surface area contributed by atoms with Crippen LogP contribution < -0.4 is 5.73 Å². The first-order chi connectivity index (χ1) is 3.66. The van der Waals surface area contributed by atoms with E-state index in [2.05, 4.69) is 0 Å². The van der Waals surface area contributed by atoms with Crippen molar-refractivity contribution in [1.29, 1.82) is 0 Å². The molecule has 0 radical (unpaired) electrons. The number of aldehydes is 1. The molecule has 0 aliphatic carbocycles. The average Bonchev–Trinajstić information content (AvgIpc) is 1.65. The van der Waals surface area contributed by atoms with Crippen molar-refractivity contribution >= 4 is 6.29 Å². The van der Waals surface area contributed by atoms with Crippen molar-refractivity contribution in [2.45, 2.75) is 0 Å². The van der Waals surface area contributed by atoms with Gasteiger partial charge < -0.3 is 10.6 Å². The van der Waals surface area contributed by atoms with Gasteiger partial charge in [-0.15, -0.1) is 0 Å². The van der Waals surface area contributed by atoms with Crippen LogP contribution in [0.15, 0.2) is 11.9 Å². The summed E-state index contributed by atoms with van der Waals surface area (Å²) < 4.78 is 0. The zero-order chi connectivity index (χ0) is 6.57. The number of rotatable bonds is 2. The van der Waals surface area contributed by atoms with E-state index in [1.165, 1.54) is 0 Å². The number of hydrogen-bond acceptors (Lipinski definition) is 3. The lowest BCUT2D eigenvalue weighted by molar-refractivity contribution is -0.105. The normalized spacial score (nSPS) is 11.0. The van der Waals surface area contributed by atoms with Crippen molar-refractivity contribution in [3.8, 4) is 0 Å². The van der Waals surface area contributed by atoms with Gasteiger partial charge in [-0.1, -0.05) is 0 Å². The summed E-state index contributed by atoms with van der Waals surface area (Å²) in [5.41, 5.74) is 5.37. The summed E-state index contributed by atoms with van der Waals surface area (Å²) in [5, 5.41) is 0. The molecule has 0 aliphatic rings. The first-order valence-corrected chi connectivity index (χ1v) is 2.25. The molecule has 0 bridgehead atoms. The van der Waals surface area contributed by atoms with Gasteiger partial charge >= 0.3 is 0 Å². The van der Waals surface area contributed by atoms with Crippen LogP contribution in [0.2, 0.25) is 0 Å². The molecule has 0 saturated carbocycles. The Labute approximate surface area is 48.8 Å². The molecule has 0 aromatic carbocycles. The monoisotopic (exact) mass is 114 g/mol. The molecule has 0 spiro atoms. The largest absolute Gasteiger partial charge is 0.395 e. The van der Waals surface area contributed by atoms with Crippen LogP contribution in [0.25, 0.3) is 0 Å². The number of carbonyl (C=O) groups excluding carboxylic acids is 1.